The molecule has 2 aromatic carbocycles. The molecule has 0 aliphatic carbocycles. The second kappa shape index (κ2) is 9.28. The highest BCUT2D eigenvalue weighted by Gasteiger charge is 2.32. The van der Waals surface area contributed by atoms with Gasteiger partial charge in [0.05, 0.1) is 10.5 Å². The number of nitrogens with zero attached hydrogens (tertiary/aromatic N) is 1. The van der Waals surface area contributed by atoms with Gasteiger partial charge in [0.2, 0.25) is 10.0 Å². The molecule has 1 N–H and O–H groups in total. The standard InChI is InChI=1S/C21H25F3N2O2S/c22-21(23,24)18-11-8-12-19(15-18)29(27,28)25-16-20(17-9-4-3-5-10-17)26-13-6-1-2-7-14-26/h3-5,8-12,15,20,25H,1-2,6-7,13-14,16H2. The maximum Gasteiger partial charge on any atom is 0.416 e. The topological polar surface area (TPSA) is 49.4 Å². The predicted molar refractivity (Wildman–Crippen MR) is 106 cm³/mol. The van der Waals surface area contributed by atoms with E-state index in [4.69, 9.17) is 0 Å². The maximum absolute atomic E-state index is 13.0. The minimum atomic E-state index is -4.59. The first-order valence-corrected chi connectivity index (χ1v) is 11.2. The Labute approximate surface area is 169 Å². The minimum absolute atomic E-state index is 0.0998. The molecule has 29 heavy (non-hydrogen) atoms. The Morgan fingerprint density at radius 2 is 1.59 bits per heavy atom. The van der Waals surface area contributed by atoms with Crippen molar-refractivity contribution >= 4 is 10.0 Å². The molecule has 2 aromatic rings. The lowest BCUT2D eigenvalue weighted by molar-refractivity contribution is -0.137. The quantitative estimate of drug-likeness (QED) is 0.734. The van der Waals surface area contributed by atoms with Crippen molar-refractivity contribution in [1.82, 2.24) is 9.62 Å². The summed E-state index contributed by atoms with van der Waals surface area (Å²) in [5.74, 6) is 0. The van der Waals surface area contributed by atoms with Crippen LogP contribution in [-0.2, 0) is 16.2 Å². The van der Waals surface area contributed by atoms with Gasteiger partial charge in [-0.1, -0.05) is 49.2 Å². The zero-order valence-electron chi connectivity index (χ0n) is 16.0. The van der Waals surface area contributed by atoms with Crippen LogP contribution in [0.25, 0.3) is 0 Å². The van der Waals surface area contributed by atoms with Crippen molar-refractivity contribution in [2.75, 3.05) is 19.6 Å². The van der Waals surface area contributed by atoms with Gasteiger partial charge >= 0.3 is 6.18 Å². The van der Waals surface area contributed by atoms with Gasteiger partial charge in [-0.3, -0.25) is 4.90 Å². The van der Waals surface area contributed by atoms with Crippen molar-refractivity contribution in [3.05, 3.63) is 65.7 Å². The zero-order valence-corrected chi connectivity index (χ0v) is 16.8. The summed E-state index contributed by atoms with van der Waals surface area (Å²) >= 11 is 0. The first kappa shape index (κ1) is 21.8. The summed E-state index contributed by atoms with van der Waals surface area (Å²) in [5.41, 5.74) is 0.00800. The number of sulfonamides is 1. The fraction of sp³-hybridized carbons (Fsp3) is 0.429. The van der Waals surface area contributed by atoms with E-state index in [0.717, 1.165) is 56.5 Å². The summed E-state index contributed by atoms with van der Waals surface area (Å²) in [6.45, 7) is 1.83. The lowest BCUT2D eigenvalue weighted by atomic mass is 10.1. The first-order chi connectivity index (χ1) is 13.8. The monoisotopic (exact) mass is 426 g/mol. The van der Waals surface area contributed by atoms with Gasteiger partial charge in [-0.15, -0.1) is 0 Å². The van der Waals surface area contributed by atoms with Gasteiger partial charge in [-0.2, -0.15) is 13.2 Å². The normalized spacial score (nSPS) is 17.6. The third kappa shape index (κ3) is 5.81. The van der Waals surface area contributed by atoms with E-state index in [1.165, 1.54) is 6.07 Å². The van der Waals surface area contributed by atoms with Crippen LogP contribution in [0.4, 0.5) is 13.2 Å². The Hall–Kier alpha value is -1.90. The van der Waals surface area contributed by atoms with Crippen LogP contribution in [0.1, 0.15) is 42.9 Å². The number of likely N-dealkylation sites (tertiary alicyclic amines) is 1. The number of hydrogen-bond acceptors (Lipinski definition) is 3. The summed E-state index contributed by atoms with van der Waals surface area (Å²) in [5, 5.41) is 0. The summed E-state index contributed by atoms with van der Waals surface area (Å²) in [4.78, 5) is 1.88. The molecule has 0 amide bonds. The van der Waals surface area contributed by atoms with Gasteiger partial charge < -0.3 is 0 Å². The predicted octanol–water partition coefficient (Wildman–Crippen LogP) is 4.60. The van der Waals surface area contributed by atoms with Crippen LogP contribution in [0, 0.1) is 0 Å². The number of nitrogens with one attached hydrogen (secondary N) is 1. The highest BCUT2D eigenvalue weighted by Crippen LogP contribution is 2.30. The van der Waals surface area contributed by atoms with Crippen molar-refractivity contribution in [3.63, 3.8) is 0 Å². The highest BCUT2D eigenvalue weighted by atomic mass is 32.2. The molecule has 1 unspecified atom stereocenters. The summed E-state index contributed by atoms with van der Waals surface area (Å²) in [6.07, 6.45) is -0.209. The van der Waals surface area contributed by atoms with Crippen LogP contribution >= 0.6 is 0 Å². The molecule has 158 valence electrons. The van der Waals surface area contributed by atoms with E-state index >= 15 is 0 Å². The van der Waals surface area contributed by atoms with E-state index in [1.54, 1.807) is 0 Å². The van der Waals surface area contributed by atoms with Crippen molar-refractivity contribution in [3.8, 4) is 0 Å². The van der Waals surface area contributed by atoms with E-state index in [-0.39, 0.29) is 17.5 Å². The van der Waals surface area contributed by atoms with Gasteiger partial charge in [0.15, 0.2) is 0 Å². The number of halogens is 3. The largest absolute Gasteiger partial charge is 0.416 e. The first-order valence-electron chi connectivity index (χ1n) is 9.73. The second-order valence-electron chi connectivity index (χ2n) is 7.25. The van der Waals surface area contributed by atoms with Crippen LogP contribution in [-0.4, -0.2) is 33.0 Å². The van der Waals surface area contributed by atoms with Crippen LogP contribution in [0.5, 0.6) is 0 Å². The maximum atomic E-state index is 13.0. The molecular weight excluding hydrogens is 401 g/mol. The average molecular weight is 427 g/mol. The Kier molecular flexibility index (Phi) is 6.97. The van der Waals surface area contributed by atoms with Crippen LogP contribution < -0.4 is 4.72 Å². The second-order valence-corrected chi connectivity index (χ2v) is 9.02. The van der Waals surface area contributed by atoms with Crippen molar-refractivity contribution in [2.24, 2.45) is 0 Å². The lowest BCUT2D eigenvalue weighted by Crippen LogP contribution is -2.38. The smallest absolute Gasteiger partial charge is 0.295 e. The van der Waals surface area contributed by atoms with E-state index in [9.17, 15) is 21.6 Å². The highest BCUT2D eigenvalue weighted by molar-refractivity contribution is 7.89. The molecule has 8 heteroatoms. The molecule has 0 saturated carbocycles. The molecule has 0 radical (unpaired) electrons. The zero-order chi connectivity index (χ0) is 20.9. The van der Waals surface area contributed by atoms with Crippen molar-refractivity contribution in [1.29, 1.82) is 0 Å². The average Bonchev–Trinajstić information content (AvgIpc) is 2.98. The van der Waals surface area contributed by atoms with Gasteiger partial charge in [0.1, 0.15) is 0 Å². The molecule has 4 nitrogen and oxygen atoms in total. The van der Waals surface area contributed by atoms with Gasteiger partial charge in [-0.25, -0.2) is 13.1 Å². The Morgan fingerprint density at radius 3 is 2.21 bits per heavy atom. The Balaban J connectivity index is 1.81. The molecule has 1 fully saturated rings. The third-order valence-corrected chi connectivity index (χ3v) is 6.63. The van der Waals surface area contributed by atoms with Crippen molar-refractivity contribution in [2.45, 2.75) is 42.8 Å². The van der Waals surface area contributed by atoms with Crippen LogP contribution in [0.3, 0.4) is 0 Å². The van der Waals surface area contributed by atoms with Gasteiger partial charge in [-0.05, 0) is 49.7 Å². The number of rotatable bonds is 6. The molecule has 3 rings (SSSR count). The summed E-state index contributed by atoms with van der Waals surface area (Å²) < 4.78 is 66.8. The van der Waals surface area contributed by atoms with Crippen LogP contribution in [0.2, 0.25) is 0 Å². The molecule has 1 aliphatic rings. The summed E-state index contributed by atoms with van der Waals surface area (Å²) in [6, 6.07) is 13.3. The number of hydrogen-bond donors (Lipinski definition) is 1. The number of alkyl halides is 3. The Bertz CT molecular complexity index is 894. The summed E-state index contributed by atoms with van der Waals surface area (Å²) in [7, 11) is -4.07. The van der Waals surface area contributed by atoms with E-state index in [0.29, 0.717) is 6.07 Å². The fourth-order valence-corrected chi connectivity index (χ4v) is 4.74. The van der Waals surface area contributed by atoms with Crippen LogP contribution in [0.15, 0.2) is 59.5 Å². The molecule has 1 atom stereocenters. The molecular formula is C21H25F3N2O2S. The van der Waals surface area contributed by atoms with Gasteiger partial charge in [0.25, 0.3) is 0 Å². The molecule has 1 heterocycles. The van der Waals surface area contributed by atoms with E-state index in [2.05, 4.69) is 9.62 Å². The fourth-order valence-electron chi connectivity index (χ4n) is 3.65. The van der Waals surface area contributed by atoms with E-state index in [1.807, 2.05) is 30.3 Å². The van der Waals surface area contributed by atoms with Crippen molar-refractivity contribution < 1.29 is 21.6 Å². The minimum Gasteiger partial charge on any atom is -0.295 e. The molecule has 1 saturated heterocycles. The molecule has 0 spiro atoms. The Morgan fingerprint density at radius 1 is 0.931 bits per heavy atom. The van der Waals surface area contributed by atoms with E-state index < -0.39 is 21.8 Å². The molecule has 0 bridgehead atoms. The molecule has 0 aromatic heterocycles. The SMILES string of the molecule is O=S(=O)(NCC(c1ccccc1)N1CCCCCC1)c1cccc(C(F)(F)F)c1. The molecule has 1 aliphatic heterocycles. The third-order valence-electron chi connectivity index (χ3n) is 5.20. The van der Waals surface area contributed by atoms with Gasteiger partial charge in [0, 0.05) is 12.6 Å². The number of benzene rings is 2. The lowest BCUT2D eigenvalue weighted by Gasteiger charge is -2.31.